The van der Waals surface area contributed by atoms with Crippen LogP contribution in [0, 0.1) is 5.92 Å². The molecule has 0 radical (unpaired) electrons. The van der Waals surface area contributed by atoms with Crippen LogP contribution < -0.4 is 9.47 Å². The van der Waals surface area contributed by atoms with Gasteiger partial charge in [0.15, 0.2) is 11.5 Å². The van der Waals surface area contributed by atoms with Crippen molar-refractivity contribution in [2.45, 2.75) is 82.8 Å². The maximum absolute atomic E-state index is 13.7. The second-order valence-corrected chi connectivity index (χ2v) is 17.4. The van der Waals surface area contributed by atoms with Crippen LogP contribution >= 0.6 is 34.4 Å². The van der Waals surface area contributed by atoms with Crippen molar-refractivity contribution < 1.29 is 14.3 Å². The van der Waals surface area contributed by atoms with Gasteiger partial charge >= 0.3 is 0 Å². The van der Waals surface area contributed by atoms with Crippen LogP contribution in [0.4, 0.5) is 0 Å². The fourth-order valence-corrected chi connectivity index (χ4v) is 11.6. The molecule has 274 valence electrons. The largest absolute Gasteiger partial charge is 0.485 e. The predicted octanol–water partition coefficient (Wildman–Crippen LogP) is 13.7. The van der Waals surface area contributed by atoms with Gasteiger partial charge in [-0.15, -0.1) is 34.4 Å². The highest BCUT2D eigenvalue weighted by atomic mass is 32.2. The van der Waals surface area contributed by atoms with Crippen molar-refractivity contribution in [2.24, 2.45) is 5.92 Å². The van der Waals surface area contributed by atoms with E-state index < -0.39 is 4.75 Å². The lowest BCUT2D eigenvalue weighted by Gasteiger charge is -2.30. The Bertz CT molecular complexity index is 1960. The standard InChI is InChI=1S/C47H50O3S3/c1-3-5-7-11-21-37-27-30-51-44(37)41-32-39(22-16-8-6-4-2)47(33-48,53-41)46-43-42(49-28-29-50-43)45(52-46)38-25-23-34(24-26-38)31-40(35-17-12-9-13-18-35)36-19-14-10-15-20-36/h9-10,12-15,17-20,23-27,30-33,39H,3-8,11,16,21-22,28-29H2,1-2H3. The first kappa shape index (κ1) is 37.5. The molecule has 3 nitrogen and oxygen atoms in total. The molecule has 2 aliphatic heterocycles. The zero-order valence-corrected chi connectivity index (χ0v) is 33.4. The third-order valence-corrected chi connectivity index (χ3v) is 14.5. The van der Waals surface area contributed by atoms with Crippen molar-refractivity contribution in [1.82, 2.24) is 0 Å². The van der Waals surface area contributed by atoms with Crippen molar-refractivity contribution in [3.8, 4) is 21.9 Å². The Labute approximate surface area is 328 Å². The SMILES string of the molecule is CCCCCCc1ccsc1C1=CC(CCCCCC)C(C=O)(c2sc(-c3ccc(C=C(c4ccccc4)c4ccccc4)cc3)c3c2OCCO3)S1. The number of unbranched alkanes of at least 4 members (excludes halogenated alkanes) is 6. The van der Waals surface area contributed by atoms with Crippen LogP contribution in [-0.4, -0.2) is 19.5 Å². The van der Waals surface area contributed by atoms with Crippen molar-refractivity contribution in [1.29, 1.82) is 0 Å². The first-order chi connectivity index (χ1) is 26.1. The lowest BCUT2D eigenvalue weighted by Crippen LogP contribution is -2.30. The van der Waals surface area contributed by atoms with Gasteiger partial charge in [0.1, 0.15) is 24.2 Å². The summed E-state index contributed by atoms with van der Waals surface area (Å²) in [6.07, 6.45) is 17.7. The summed E-state index contributed by atoms with van der Waals surface area (Å²) in [4.78, 5) is 18.4. The van der Waals surface area contributed by atoms with Gasteiger partial charge in [-0.2, -0.15) is 0 Å². The van der Waals surface area contributed by atoms with Gasteiger partial charge in [0.2, 0.25) is 0 Å². The highest BCUT2D eigenvalue weighted by molar-refractivity contribution is 8.10. The van der Waals surface area contributed by atoms with Crippen LogP contribution in [0.5, 0.6) is 11.5 Å². The number of carbonyl (C=O) groups excluding carboxylic acids is 1. The normalized spacial score (nSPS) is 17.8. The number of aryl methyl sites for hydroxylation is 1. The number of carbonyl (C=O) groups is 1. The molecule has 0 bridgehead atoms. The minimum absolute atomic E-state index is 0.0786. The van der Waals surface area contributed by atoms with Gasteiger partial charge in [-0.1, -0.05) is 150 Å². The fourth-order valence-electron chi connectivity index (χ4n) is 7.54. The van der Waals surface area contributed by atoms with Crippen LogP contribution in [-0.2, 0) is 16.0 Å². The summed E-state index contributed by atoms with van der Waals surface area (Å²) in [5, 5.41) is 2.23. The molecular weight excluding hydrogens is 709 g/mol. The molecule has 7 rings (SSSR count). The first-order valence-electron chi connectivity index (χ1n) is 19.4. The predicted molar refractivity (Wildman–Crippen MR) is 228 cm³/mol. The molecule has 2 aromatic heterocycles. The monoisotopic (exact) mass is 758 g/mol. The molecule has 2 atom stereocenters. The number of hydrogen-bond acceptors (Lipinski definition) is 6. The summed E-state index contributed by atoms with van der Waals surface area (Å²) < 4.78 is 12.1. The van der Waals surface area contributed by atoms with Gasteiger partial charge in [-0.25, -0.2) is 0 Å². The van der Waals surface area contributed by atoms with E-state index in [1.54, 1.807) is 23.1 Å². The molecule has 0 spiro atoms. The van der Waals surface area contributed by atoms with Crippen molar-refractivity contribution in [3.05, 3.63) is 134 Å². The van der Waals surface area contributed by atoms with Gasteiger partial charge in [-0.3, -0.25) is 0 Å². The number of thiophene rings is 2. The molecule has 2 aliphatic rings. The second kappa shape index (κ2) is 18.0. The summed E-state index contributed by atoms with van der Waals surface area (Å²) in [5.74, 6) is 1.62. The van der Waals surface area contributed by atoms with Gasteiger partial charge in [0, 0.05) is 15.7 Å². The van der Waals surface area contributed by atoms with Crippen LogP contribution in [0.3, 0.4) is 0 Å². The number of thioether (sulfide) groups is 1. The average molecular weight is 759 g/mol. The molecule has 6 heteroatoms. The first-order valence-corrected chi connectivity index (χ1v) is 22.0. The molecule has 0 saturated carbocycles. The summed E-state index contributed by atoms with van der Waals surface area (Å²) >= 11 is 5.26. The molecule has 0 N–H and O–H groups in total. The average Bonchev–Trinajstić information content (AvgIpc) is 3.94. The maximum atomic E-state index is 13.7. The Hall–Kier alpha value is -3.84. The van der Waals surface area contributed by atoms with Gasteiger partial charge in [0.25, 0.3) is 0 Å². The van der Waals surface area contributed by atoms with Crippen molar-refractivity contribution in [3.63, 3.8) is 0 Å². The maximum Gasteiger partial charge on any atom is 0.180 e. The van der Waals surface area contributed by atoms with E-state index in [9.17, 15) is 4.79 Å². The van der Waals surface area contributed by atoms with E-state index in [2.05, 4.69) is 122 Å². The molecule has 5 aromatic rings. The molecule has 0 aliphatic carbocycles. The van der Waals surface area contributed by atoms with Crippen LogP contribution in [0.25, 0.3) is 27.0 Å². The van der Waals surface area contributed by atoms with Gasteiger partial charge in [-0.05, 0) is 70.2 Å². The summed E-state index contributed by atoms with van der Waals surface area (Å²) in [7, 11) is 0. The van der Waals surface area contributed by atoms with E-state index in [0.717, 1.165) is 51.6 Å². The van der Waals surface area contributed by atoms with Crippen LogP contribution in [0.1, 0.15) is 104 Å². The molecular formula is C47H50O3S3. The Balaban J connectivity index is 1.24. The van der Waals surface area contributed by atoms with E-state index in [0.29, 0.717) is 13.2 Å². The molecule has 53 heavy (non-hydrogen) atoms. The number of fused-ring (bicyclic) bond motifs is 1. The summed E-state index contributed by atoms with van der Waals surface area (Å²) in [5.41, 5.74) is 7.16. The lowest BCUT2D eigenvalue weighted by atomic mass is 9.85. The smallest absolute Gasteiger partial charge is 0.180 e. The van der Waals surface area contributed by atoms with Crippen LogP contribution in [0.15, 0.2) is 102 Å². The number of hydrogen-bond donors (Lipinski definition) is 0. The quantitative estimate of drug-likeness (QED) is 0.0537. The molecule has 2 unspecified atom stereocenters. The Kier molecular flexibility index (Phi) is 12.7. The molecule has 4 heterocycles. The summed E-state index contributed by atoms with van der Waals surface area (Å²) in [6, 6.07) is 32.2. The second-order valence-electron chi connectivity index (χ2n) is 14.1. The fraction of sp³-hybridized carbons (Fsp3) is 0.340. The number of ether oxygens (including phenoxy) is 2. The van der Waals surface area contributed by atoms with Crippen molar-refractivity contribution >= 4 is 57.3 Å². The Morgan fingerprint density at radius 3 is 2.08 bits per heavy atom. The highest BCUT2D eigenvalue weighted by Gasteiger charge is 2.50. The zero-order chi connectivity index (χ0) is 36.5. The third-order valence-electron chi connectivity index (χ3n) is 10.4. The van der Waals surface area contributed by atoms with Crippen LogP contribution in [0.2, 0.25) is 0 Å². The molecule has 0 amide bonds. The molecule has 0 saturated heterocycles. The Morgan fingerprint density at radius 2 is 1.42 bits per heavy atom. The van der Waals surface area contributed by atoms with Gasteiger partial charge in [0.05, 0.1) is 9.75 Å². The molecule has 3 aromatic carbocycles. The highest BCUT2D eigenvalue weighted by Crippen LogP contribution is 2.64. The zero-order valence-electron chi connectivity index (χ0n) is 31.0. The Morgan fingerprint density at radius 1 is 0.755 bits per heavy atom. The van der Waals surface area contributed by atoms with E-state index in [1.807, 2.05) is 11.3 Å². The topological polar surface area (TPSA) is 35.5 Å². The van der Waals surface area contributed by atoms with Gasteiger partial charge < -0.3 is 14.3 Å². The number of benzene rings is 3. The van der Waals surface area contributed by atoms with Crippen molar-refractivity contribution in [2.75, 3.05) is 13.2 Å². The minimum Gasteiger partial charge on any atom is -0.485 e. The van der Waals surface area contributed by atoms with E-state index in [1.165, 1.54) is 83.3 Å². The number of aldehydes is 1. The lowest BCUT2D eigenvalue weighted by molar-refractivity contribution is -0.110. The van der Waals surface area contributed by atoms with E-state index in [-0.39, 0.29) is 5.92 Å². The van der Waals surface area contributed by atoms with E-state index >= 15 is 0 Å². The van der Waals surface area contributed by atoms with E-state index in [4.69, 9.17) is 9.47 Å². The minimum atomic E-state index is -0.762. The number of allylic oxidation sites excluding steroid dienone is 1. The summed E-state index contributed by atoms with van der Waals surface area (Å²) in [6.45, 7) is 5.50. The molecule has 0 fully saturated rings. The third kappa shape index (κ3) is 8.30. The number of rotatable bonds is 17.